The lowest BCUT2D eigenvalue weighted by molar-refractivity contribution is 0.414. The Hall–Kier alpha value is -1.88. The predicted molar refractivity (Wildman–Crippen MR) is 79.2 cm³/mol. The quantitative estimate of drug-likeness (QED) is 0.687. The molecule has 2 heterocycles. The molecule has 21 heavy (non-hydrogen) atoms. The highest BCUT2D eigenvalue weighted by Crippen LogP contribution is 2.26. The number of rotatable bonds is 4. The molecule has 3 aromatic rings. The van der Waals surface area contributed by atoms with Gasteiger partial charge in [-0.15, -0.1) is 11.6 Å². The van der Waals surface area contributed by atoms with E-state index >= 15 is 0 Å². The summed E-state index contributed by atoms with van der Waals surface area (Å²) in [5.74, 6) is 2.31. The van der Waals surface area contributed by atoms with Gasteiger partial charge in [0.1, 0.15) is 23.4 Å². The summed E-state index contributed by atoms with van der Waals surface area (Å²) in [5, 5.41) is 0. The average Bonchev–Trinajstić information content (AvgIpc) is 3.01. The maximum Gasteiger partial charge on any atom is 0.217 e. The molecule has 0 radical (unpaired) electrons. The Bertz CT molecular complexity index is 780. The van der Waals surface area contributed by atoms with Crippen molar-refractivity contribution in [3.63, 3.8) is 0 Å². The van der Waals surface area contributed by atoms with Crippen LogP contribution in [-0.4, -0.2) is 20.4 Å². The van der Waals surface area contributed by atoms with E-state index < -0.39 is 0 Å². The van der Waals surface area contributed by atoms with Gasteiger partial charge < -0.3 is 8.98 Å². The molecule has 0 amide bonds. The highest BCUT2D eigenvalue weighted by atomic mass is 35.5. The Balaban J connectivity index is 2.16. The van der Waals surface area contributed by atoms with Crippen LogP contribution in [0.1, 0.15) is 30.4 Å². The fourth-order valence-corrected chi connectivity index (χ4v) is 2.66. The average molecular weight is 308 g/mol. The van der Waals surface area contributed by atoms with Gasteiger partial charge in [-0.2, -0.15) is 0 Å². The van der Waals surface area contributed by atoms with E-state index in [4.69, 9.17) is 16.0 Å². The van der Waals surface area contributed by atoms with E-state index in [-0.39, 0.29) is 11.9 Å². The standard InChI is InChI=1S/C15H15ClFN3O/c1-9-8-18-15(21-9)10(2)20-13-4-3-11(17)7-12(13)19-14(20)5-6-16/h3-4,7-8,10H,5-6H2,1-2H3. The minimum Gasteiger partial charge on any atom is -0.444 e. The second kappa shape index (κ2) is 5.48. The van der Waals surface area contributed by atoms with Gasteiger partial charge in [-0.3, -0.25) is 0 Å². The molecule has 0 aliphatic carbocycles. The van der Waals surface area contributed by atoms with Gasteiger partial charge in [0.2, 0.25) is 5.89 Å². The van der Waals surface area contributed by atoms with Crippen molar-refractivity contribution in [1.29, 1.82) is 0 Å². The molecule has 110 valence electrons. The zero-order valence-corrected chi connectivity index (χ0v) is 12.6. The Kier molecular flexibility index (Phi) is 3.68. The number of oxazole rings is 1. The molecule has 1 unspecified atom stereocenters. The van der Waals surface area contributed by atoms with Crippen LogP contribution in [-0.2, 0) is 6.42 Å². The summed E-state index contributed by atoms with van der Waals surface area (Å²) in [6.45, 7) is 3.83. The minimum absolute atomic E-state index is 0.132. The van der Waals surface area contributed by atoms with Crippen molar-refractivity contribution < 1.29 is 8.81 Å². The van der Waals surface area contributed by atoms with Crippen molar-refractivity contribution in [3.05, 3.63) is 47.7 Å². The van der Waals surface area contributed by atoms with Crippen molar-refractivity contribution >= 4 is 22.6 Å². The fraction of sp³-hybridized carbons (Fsp3) is 0.333. The summed E-state index contributed by atoms with van der Waals surface area (Å²) < 4.78 is 21.0. The zero-order chi connectivity index (χ0) is 15.0. The molecule has 0 saturated carbocycles. The monoisotopic (exact) mass is 307 g/mol. The predicted octanol–water partition coefficient (Wildman–Crippen LogP) is 3.86. The molecule has 4 nitrogen and oxygen atoms in total. The molecule has 0 saturated heterocycles. The molecular formula is C15H15ClFN3O. The van der Waals surface area contributed by atoms with E-state index in [0.717, 1.165) is 17.1 Å². The molecule has 0 bridgehead atoms. The van der Waals surface area contributed by atoms with Crippen molar-refractivity contribution in [3.8, 4) is 0 Å². The molecule has 0 spiro atoms. The summed E-state index contributed by atoms with van der Waals surface area (Å²) >= 11 is 5.86. The Morgan fingerprint density at radius 1 is 1.43 bits per heavy atom. The third-order valence-electron chi connectivity index (χ3n) is 3.43. The van der Waals surface area contributed by atoms with Gasteiger partial charge in [-0.1, -0.05) is 0 Å². The van der Waals surface area contributed by atoms with Crippen LogP contribution < -0.4 is 0 Å². The first-order valence-electron chi connectivity index (χ1n) is 6.75. The fourth-order valence-electron chi connectivity index (χ4n) is 2.49. The van der Waals surface area contributed by atoms with E-state index in [1.165, 1.54) is 12.1 Å². The normalized spacial score (nSPS) is 13.0. The number of fused-ring (bicyclic) bond motifs is 1. The number of imidazole rings is 1. The highest BCUT2D eigenvalue weighted by molar-refractivity contribution is 6.17. The van der Waals surface area contributed by atoms with Gasteiger partial charge in [-0.05, 0) is 26.0 Å². The van der Waals surface area contributed by atoms with E-state index in [9.17, 15) is 4.39 Å². The Morgan fingerprint density at radius 2 is 2.24 bits per heavy atom. The maximum atomic E-state index is 13.4. The number of nitrogens with zero attached hydrogens (tertiary/aromatic N) is 3. The van der Waals surface area contributed by atoms with Crippen molar-refractivity contribution in [2.75, 3.05) is 5.88 Å². The SMILES string of the molecule is Cc1cnc(C(C)n2c(CCCl)nc3cc(F)ccc32)o1. The Labute approximate surface area is 126 Å². The lowest BCUT2D eigenvalue weighted by Crippen LogP contribution is -2.11. The molecule has 3 rings (SSSR count). The van der Waals surface area contributed by atoms with Crippen molar-refractivity contribution in [1.82, 2.24) is 14.5 Å². The molecule has 0 N–H and O–H groups in total. The van der Waals surface area contributed by atoms with Gasteiger partial charge in [-0.25, -0.2) is 14.4 Å². The number of halogens is 2. The molecule has 0 aliphatic heterocycles. The van der Waals surface area contributed by atoms with Crippen LogP contribution in [0, 0.1) is 12.7 Å². The Morgan fingerprint density at radius 3 is 2.90 bits per heavy atom. The molecule has 1 atom stereocenters. The van der Waals surface area contributed by atoms with E-state index in [2.05, 4.69) is 9.97 Å². The second-order valence-corrected chi connectivity index (χ2v) is 5.33. The number of aromatic nitrogens is 3. The van der Waals surface area contributed by atoms with Crippen molar-refractivity contribution in [2.45, 2.75) is 26.3 Å². The molecule has 2 aromatic heterocycles. The van der Waals surface area contributed by atoms with Gasteiger partial charge in [0.05, 0.1) is 17.2 Å². The van der Waals surface area contributed by atoms with Crippen LogP contribution in [0.25, 0.3) is 11.0 Å². The van der Waals surface area contributed by atoms with Crippen LogP contribution in [0.3, 0.4) is 0 Å². The number of benzene rings is 1. The van der Waals surface area contributed by atoms with Crippen LogP contribution in [0.5, 0.6) is 0 Å². The molecule has 0 fully saturated rings. The largest absolute Gasteiger partial charge is 0.444 e. The molecule has 6 heteroatoms. The van der Waals surface area contributed by atoms with Gasteiger partial charge in [0.15, 0.2) is 0 Å². The molecular weight excluding hydrogens is 293 g/mol. The third-order valence-corrected chi connectivity index (χ3v) is 3.62. The summed E-state index contributed by atoms with van der Waals surface area (Å²) in [6.07, 6.45) is 2.29. The molecule has 1 aromatic carbocycles. The summed E-state index contributed by atoms with van der Waals surface area (Å²) in [6, 6.07) is 4.45. The van der Waals surface area contributed by atoms with Crippen molar-refractivity contribution in [2.24, 2.45) is 0 Å². The number of hydrogen-bond donors (Lipinski definition) is 0. The van der Waals surface area contributed by atoms with E-state index in [1.54, 1.807) is 12.3 Å². The lowest BCUT2D eigenvalue weighted by Gasteiger charge is -2.14. The lowest BCUT2D eigenvalue weighted by atomic mass is 10.2. The first-order chi connectivity index (χ1) is 10.1. The van der Waals surface area contributed by atoms with Gasteiger partial charge in [0.25, 0.3) is 0 Å². The van der Waals surface area contributed by atoms with E-state index in [0.29, 0.717) is 23.7 Å². The van der Waals surface area contributed by atoms with E-state index in [1.807, 2.05) is 18.4 Å². The van der Waals surface area contributed by atoms with Gasteiger partial charge >= 0.3 is 0 Å². The number of alkyl halides is 1. The highest BCUT2D eigenvalue weighted by Gasteiger charge is 2.20. The summed E-state index contributed by atoms with van der Waals surface area (Å²) in [4.78, 5) is 8.76. The van der Waals surface area contributed by atoms with Crippen LogP contribution in [0.2, 0.25) is 0 Å². The summed E-state index contributed by atoms with van der Waals surface area (Å²) in [7, 11) is 0. The minimum atomic E-state index is -0.302. The van der Waals surface area contributed by atoms with Crippen LogP contribution in [0.15, 0.2) is 28.8 Å². The smallest absolute Gasteiger partial charge is 0.217 e. The number of aryl methyl sites for hydroxylation is 2. The maximum absolute atomic E-state index is 13.4. The third kappa shape index (κ3) is 2.53. The first kappa shape index (κ1) is 14.1. The van der Waals surface area contributed by atoms with Gasteiger partial charge in [0, 0.05) is 18.4 Å². The summed E-state index contributed by atoms with van der Waals surface area (Å²) in [5.41, 5.74) is 1.46. The second-order valence-electron chi connectivity index (χ2n) is 4.96. The van der Waals surface area contributed by atoms with Crippen LogP contribution in [0.4, 0.5) is 4.39 Å². The zero-order valence-electron chi connectivity index (χ0n) is 11.8. The first-order valence-corrected chi connectivity index (χ1v) is 7.28. The number of hydrogen-bond acceptors (Lipinski definition) is 3. The molecule has 0 aliphatic rings. The topological polar surface area (TPSA) is 43.9 Å². The van der Waals surface area contributed by atoms with Crippen LogP contribution >= 0.6 is 11.6 Å².